The summed E-state index contributed by atoms with van der Waals surface area (Å²) in [5.74, 6) is -0.458. The molecule has 1 aromatic carbocycles. The highest BCUT2D eigenvalue weighted by Crippen LogP contribution is 2.38. The van der Waals surface area contributed by atoms with Gasteiger partial charge in [-0.1, -0.05) is 44.2 Å². The van der Waals surface area contributed by atoms with E-state index in [9.17, 15) is 5.11 Å². The first kappa shape index (κ1) is 24.5. The Bertz CT molecular complexity index is 792. The highest BCUT2D eigenvalue weighted by Gasteiger charge is 2.53. The van der Waals surface area contributed by atoms with E-state index in [0.29, 0.717) is 19.8 Å². The van der Waals surface area contributed by atoms with Gasteiger partial charge in [0.1, 0.15) is 24.4 Å². The topological polar surface area (TPSA) is 94.1 Å². The van der Waals surface area contributed by atoms with Crippen molar-refractivity contribution in [3.05, 3.63) is 35.9 Å². The standard InChI is InChI=1S/C25H36O9/c1-13-20(26)22-18(11-27-15(3)30-22)33-25(13)34-21-14(2)24(29-10-17-8-6-5-7-9-17)32-19-12-28-16(4)31-23(19)21/h5-9,13-16,18-26H,10-12H2,1-4H3/t13?,14?,15?,16?,18?,19?,20-,21-,22-,23-,24-,25+/m1/s1. The summed E-state index contributed by atoms with van der Waals surface area (Å²) < 4.78 is 48.4. The molecule has 0 aliphatic carbocycles. The Morgan fingerprint density at radius 3 is 2.12 bits per heavy atom. The van der Waals surface area contributed by atoms with E-state index in [1.807, 2.05) is 58.0 Å². The zero-order chi connectivity index (χ0) is 23.8. The smallest absolute Gasteiger partial charge is 0.163 e. The number of hydrogen-bond donors (Lipinski definition) is 1. The maximum Gasteiger partial charge on any atom is 0.163 e. The molecule has 1 N–H and O–H groups in total. The van der Waals surface area contributed by atoms with E-state index in [1.165, 1.54) is 0 Å². The first-order valence-corrected chi connectivity index (χ1v) is 12.2. The molecule has 4 fully saturated rings. The number of benzene rings is 1. The Morgan fingerprint density at radius 1 is 0.794 bits per heavy atom. The van der Waals surface area contributed by atoms with Crippen LogP contribution >= 0.6 is 0 Å². The van der Waals surface area contributed by atoms with Crippen LogP contribution in [0.5, 0.6) is 0 Å². The molecule has 190 valence electrons. The molecule has 4 aliphatic rings. The maximum atomic E-state index is 11.0. The number of aliphatic hydroxyl groups is 1. The molecule has 9 heteroatoms. The van der Waals surface area contributed by atoms with E-state index < -0.39 is 30.9 Å². The van der Waals surface area contributed by atoms with Crippen LogP contribution in [-0.4, -0.2) is 80.1 Å². The van der Waals surface area contributed by atoms with Crippen molar-refractivity contribution >= 4 is 0 Å². The highest BCUT2D eigenvalue weighted by atomic mass is 16.8. The minimum Gasteiger partial charge on any atom is -0.390 e. The molecule has 5 rings (SSSR count). The van der Waals surface area contributed by atoms with E-state index in [0.717, 1.165) is 5.56 Å². The van der Waals surface area contributed by atoms with Crippen LogP contribution in [-0.2, 0) is 44.5 Å². The lowest BCUT2D eigenvalue weighted by atomic mass is 9.89. The fraction of sp³-hybridized carbons (Fsp3) is 0.760. The Morgan fingerprint density at radius 2 is 1.41 bits per heavy atom. The zero-order valence-corrected chi connectivity index (χ0v) is 20.1. The first-order valence-electron chi connectivity index (χ1n) is 12.2. The predicted molar refractivity (Wildman–Crippen MR) is 118 cm³/mol. The SMILES string of the molecule is CC1OCC2O[C@@H](O[C@@H]3C(C)[C@H](OCc4ccccc4)OC4COC(C)O[C@H]43)C(C)[C@@H](O)[C@@H]2O1. The van der Waals surface area contributed by atoms with Crippen molar-refractivity contribution in [1.82, 2.24) is 0 Å². The van der Waals surface area contributed by atoms with Gasteiger partial charge in [-0.05, 0) is 19.4 Å². The minimum absolute atomic E-state index is 0.153. The van der Waals surface area contributed by atoms with Crippen LogP contribution in [0.25, 0.3) is 0 Å². The summed E-state index contributed by atoms with van der Waals surface area (Å²) in [6.45, 7) is 8.77. The minimum atomic E-state index is -0.735. The van der Waals surface area contributed by atoms with E-state index in [2.05, 4.69) is 0 Å². The van der Waals surface area contributed by atoms with Crippen LogP contribution in [0.3, 0.4) is 0 Å². The second kappa shape index (κ2) is 10.5. The van der Waals surface area contributed by atoms with Crippen molar-refractivity contribution in [1.29, 1.82) is 0 Å². The Labute approximate surface area is 200 Å². The third-order valence-corrected chi connectivity index (χ3v) is 7.16. The molecule has 9 nitrogen and oxygen atoms in total. The Hall–Kier alpha value is -1.14. The fourth-order valence-electron chi connectivity index (χ4n) is 5.13. The largest absolute Gasteiger partial charge is 0.390 e. The number of rotatable bonds is 5. The molecule has 0 aromatic heterocycles. The van der Waals surface area contributed by atoms with E-state index in [1.54, 1.807) is 0 Å². The maximum absolute atomic E-state index is 11.0. The molecule has 34 heavy (non-hydrogen) atoms. The second-order valence-electron chi connectivity index (χ2n) is 9.70. The summed E-state index contributed by atoms with van der Waals surface area (Å²) in [4.78, 5) is 0. The monoisotopic (exact) mass is 480 g/mol. The van der Waals surface area contributed by atoms with Crippen molar-refractivity contribution in [3.8, 4) is 0 Å². The van der Waals surface area contributed by atoms with Crippen LogP contribution in [0.2, 0.25) is 0 Å². The molecule has 4 aliphatic heterocycles. The van der Waals surface area contributed by atoms with Gasteiger partial charge in [-0.15, -0.1) is 0 Å². The normalized spacial score (nSPS) is 47.0. The quantitative estimate of drug-likeness (QED) is 0.681. The summed E-state index contributed by atoms with van der Waals surface area (Å²) in [6, 6.07) is 9.97. The molecular weight excluding hydrogens is 444 g/mol. The van der Waals surface area contributed by atoms with Gasteiger partial charge in [0, 0.05) is 11.8 Å². The average Bonchev–Trinajstić information content (AvgIpc) is 2.84. The van der Waals surface area contributed by atoms with E-state index in [4.69, 9.17) is 37.9 Å². The van der Waals surface area contributed by atoms with E-state index in [-0.39, 0.29) is 42.7 Å². The molecule has 0 radical (unpaired) electrons. The molecule has 12 atom stereocenters. The van der Waals surface area contributed by atoms with Crippen molar-refractivity contribution < 1.29 is 43.0 Å². The molecule has 0 spiro atoms. The first-order chi connectivity index (χ1) is 16.4. The molecule has 0 saturated carbocycles. The second-order valence-corrected chi connectivity index (χ2v) is 9.70. The predicted octanol–water partition coefficient (Wildman–Crippen LogP) is 2.19. The number of fused-ring (bicyclic) bond motifs is 2. The van der Waals surface area contributed by atoms with Crippen molar-refractivity contribution in [3.63, 3.8) is 0 Å². The van der Waals surface area contributed by atoms with E-state index >= 15 is 0 Å². The molecule has 1 aromatic rings. The average molecular weight is 481 g/mol. The summed E-state index contributed by atoms with van der Waals surface area (Å²) in [6.07, 6.45) is -4.56. The fourth-order valence-corrected chi connectivity index (χ4v) is 5.13. The van der Waals surface area contributed by atoms with Gasteiger partial charge in [0.25, 0.3) is 0 Å². The van der Waals surface area contributed by atoms with Gasteiger partial charge >= 0.3 is 0 Å². The lowest BCUT2D eigenvalue weighted by molar-refractivity contribution is -0.390. The summed E-state index contributed by atoms with van der Waals surface area (Å²) in [5, 5.41) is 11.0. The van der Waals surface area contributed by atoms with Crippen molar-refractivity contribution in [2.75, 3.05) is 13.2 Å². The van der Waals surface area contributed by atoms with Gasteiger partial charge in [0.2, 0.25) is 0 Å². The molecule has 0 bridgehead atoms. The third kappa shape index (κ3) is 5.04. The zero-order valence-electron chi connectivity index (χ0n) is 20.1. The molecule has 6 unspecified atom stereocenters. The van der Waals surface area contributed by atoms with Crippen LogP contribution in [0.15, 0.2) is 30.3 Å². The number of aliphatic hydroxyl groups excluding tert-OH is 1. The number of ether oxygens (including phenoxy) is 8. The van der Waals surface area contributed by atoms with Crippen LogP contribution in [0.4, 0.5) is 0 Å². The molecule has 4 saturated heterocycles. The molecule has 4 heterocycles. The lowest BCUT2D eigenvalue weighted by Crippen LogP contribution is -2.64. The van der Waals surface area contributed by atoms with Crippen LogP contribution in [0.1, 0.15) is 33.3 Å². The Balaban J connectivity index is 1.31. The summed E-state index contributed by atoms with van der Waals surface area (Å²) >= 11 is 0. The molecule has 0 amide bonds. The summed E-state index contributed by atoms with van der Waals surface area (Å²) in [7, 11) is 0. The lowest BCUT2D eigenvalue weighted by Gasteiger charge is -2.51. The summed E-state index contributed by atoms with van der Waals surface area (Å²) in [5.41, 5.74) is 1.06. The van der Waals surface area contributed by atoms with Crippen molar-refractivity contribution in [2.24, 2.45) is 11.8 Å². The number of hydrogen-bond acceptors (Lipinski definition) is 9. The van der Waals surface area contributed by atoms with Gasteiger partial charge in [-0.2, -0.15) is 0 Å². The van der Waals surface area contributed by atoms with Gasteiger partial charge < -0.3 is 43.0 Å². The van der Waals surface area contributed by atoms with Crippen LogP contribution < -0.4 is 0 Å². The van der Waals surface area contributed by atoms with Crippen LogP contribution in [0, 0.1) is 11.8 Å². The van der Waals surface area contributed by atoms with Gasteiger partial charge in [-0.25, -0.2) is 0 Å². The third-order valence-electron chi connectivity index (χ3n) is 7.16. The highest BCUT2D eigenvalue weighted by molar-refractivity contribution is 5.13. The van der Waals surface area contributed by atoms with Gasteiger partial charge in [-0.3, -0.25) is 0 Å². The van der Waals surface area contributed by atoms with Crippen molar-refractivity contribution in [2.45, 2.75) is 96.1 Å². The Kier molecular flexibility index (Phi) is 7.55. The van der Waals surface area contributed by atoms with Gasteiger partial charge in [0.15, 0.2) is 25.2 Å². The molecular formula is C25H36O9. The van der Waals surface area contributed by atoms with Gasteiger partial charge in [0.05, 0.1) is 32.0 Å².